The van der Waals surface area contributed by atoms with Gasteiger partial charge >= 0.3 is 0 Å². The number of carbonyl (C=O) groups is 2. The molecule has 7 nitrogen and oxygen atoms in total. The number of hydrazone groups is 1. The van der Waals surface area contributed by atoms with E-state index in [1.54, 1.807) is 10.8 Å². The van der Waals surface area contributed by atoms with Crippen molar-refractivity contribution in [3.8, 4) is 0 Å². The number of nitrogens with one attached hydrogen (secondary N) is 1. The lowest BCUT2D eigenvalue weighted by molar-refractivity contribution is -0.118. The average molecular weight is 392 g/mol. The van der Waals surface area contributed by atoms with Crippen LogP contribution in [0.2, 0.25) is 0 Å². The van der Waals surface area contributed by atoms with Gasteiger partial charge in [-0.3, -0.25) is 14.2 Å². The largest absolute Gasteiger partial charge is 0.431 e. The maximum absolute atomic E-state index is 12.0. The molecule has 8 heteroatoms. The van der Waals surface area contributed by atoms with Crippen LogP contribution in [-0.2, 0) is 4.79 Å². The van der Waals surface area contributed by atoms with Crippen LogP contribution in [-0.4, -0.2) is 33.3 Å². The van der Waals surface area contributed by atoms with Gasteiger partial charge in [0.05, 0.1) is 17.5 Å². The van der Waals surface area contributed by atoms with Gasteiger partial charge in [0.25, 0.3) is 11.1 Å². The average Bonchev–Trinajstić information content (AvgIpc) is 3.28. The predicted molar refractivity (Wildman–Crippen MR) is 109 cm³/mol. The van der Waals surface area contributed by atoms with Gasteiger partial charge in [0.2, 0.25) is 5.91 Å². The highest BCUT2D eigenvalue weighted by molar-refractivity contribution is 7.99. The van der Waals surface area contributed by atoms with Crippen LogP contribution in [0, 0.1) is 0 Å². The Morgan fingerprint density at radius 1 is 1.21 bits per heavy atom. The number of oxazole rings is 1. The summed E-state index contributed by atoms with van der Waals surface area (Å²) in [5.41, 5.74) is 5.47. The molecule has 0 saturated carbocycles. The third-order valence-corrected chi connectivity index (χ3v) is 4.90. The predicted octanol–water partition coefficient (Wildman–Crippen LogP) is 3.69. The Morgan fingerprint density at radius 3 is 2.82 bits per heavy atom. The van der Waals surface area contributed by atoms with Gasteiger partial charge in [-0.25, -0.2) is 10.4 Å². The highest BCUT2D eigenvalue weighted by Gasteiger charge is 2.10. The van der Waals surface area contributed by atoms with Gasteiger partial charge in [-0.1, -0.05) is 42.1 Å². The summed E-state index contributed by atoms with van der Waals surface area (Å²) in [4.78, 5) is 28.1. The Kier molecular flexibility index (Phi) is 4.94. The molecule has 4 rings (SSSR count). The first-order valence-electron chi connectivity index (χ1n) is 8.53. The van der Waals surface area contributed by atoms with Crippen molar-refractivity contribution in [1.82, 2.24) is 15.0 Å². The van der Waals surface area contributed by atoms with E-state index in [0.29, 0.717) is 10.8 Å². The number of nitrogens with zero attached hydrogens (tertiary/aromatic N) is 3. The minimum atomic E-state index is -0.279. The molecule has 0 saturated heterocycles. The summed E-state index contributed by atoms with van der Waals surface area (Å²) in [5, 5.41) is 5.33. The van der Waals surface area contributed by atoms with Gasteiger partial charge in [0, 0.05) is 24.1 Å². The van der Waals surface area contributed by atoms with E-state index in [4.69, 9.17) is 4.42 Å². The van der Waals surface area contributed by atoms with Crippen molar-refractivity contribution >= 4 is 51.8 Å². The lowest BCUT2D eigenvalue weighted by Gasteiger charge is -1.97. The Hall–Kier alpha value is -3.39. The minimum Gasteiger partial charge on any atom is -0.431 e. The molecule has 2 heterocycles. The molecule has 0 spiro atoms. The summed E-state index contributed by atoms with van der Waals surface area (Å²) in [6.45, 7) is 1.50. The van der Waals surface area contributed by atoms with Crippen LogP contribution in [0.5, 0.6) is 0 Å². The molecule has 0 atom stereocenters. The Bertz CT molecular complexity index is 1180. The number of hydrogen-bond donors (Lipinski definition) is 1. The van der Waals surface area contributed by atoms with Crippen LogP contribution in [0.25, 0.3) is 22.0 Å². The van der Waals surface area contributed by atoms with Crippen LogP contribution < -0.4 is 5.43 Å². The first kappa shape index (κ1) is 18.0. The van der Waals surface area contributed by atoms with Crippen molar-refractivity contribution < 1.29 is 14.0 Å². The number of para-hydroxylation sites is 3. The van der Waals surface area contributed by atoms with E-state index in [2.05, 4.69) is 15.5 Å². The zero-order chi connectivity index (χ0) is 19.5. The molecule has 0 aliphatic heterocycles. The highest BCUT2D eigenvalue weighted by Crippen LogP contribution is 2.23. The fourth-order valence-electron chi connectivity index (χ4n) is 2.82. The number of rotatable bonds is 5. The molecule has 140 valence electrons. The summed E-state index contributed by atoms with van der Waals surface area (Å²) in [7, 11) is 0. The fraction of sp³-hybridized carbons (Fsp3) is 0.100. The molecule has 1 N–H and O–H groups in total. The second-order valence-corrected chi connectivity index (χ2v) is 6.95. The van der Waals surface area contributed by atoms with E-state index in [-0.39, 0.29) is 17.6 Å². The molecule has 28 heavy (non-hydrogen) atoms. The fourth-order valence-corrected chi connectivity index (χ4v) is 3.45. The summed E-state index contributed by atoms with van der Waals surface area (Å²) in [5.74, 6) is -0.243. The first-order valence-corrected chi connectivity index (χ1v) is 9.51. The van der Waals surface area contributed by atoms with Crippen molar-refractivity contribution in [2.45, 2.75) is 12.1 Å². The Labute approximate surface area is 164 Å². The quantitative estimate of drug-likeness (QED) is 0.318. The molecule has 0 bridgehead atoms. The molecule has 0 radical (unpaired) electrons. The molecule has 0 unspecified atom stereocenters. The first-order chi connectivity index (χ1) is 13.6. The second kappa shape index (κ2) is 7.69. The van der Waals surface area contributed by atoms with E-state index in [1.165, 1.54) is 24.9 Å². The van der Waals surface area contributed by atoms with Gasteiger partial charge in [-0.2, -0.15) is 5.10 Å². The smallest absolute Gasteiger partial charge is 0.257 e. The van der Waals surface area contributed by atoms with Crippen LogP contribution in [0.3, 0.4) is 0 Å². The molecule has 0 aliphatic carbocycles. The van der Waals surface area contributed by atoms with Crippen LogP contribution in [0.15, 0.2) is 69.5 Å². The minimum absolute atomic E-state index is 0.0883. The van der Waals surface area contributed by atoms with E-state index >= 15 is 0 Å². The van der Waals surface area contributed by atoms with Gasteiger partial charge in [0.1, 0.15) is 5.52 Å². The van der Waals surface area contributed by atoms with Crippen molar-refractivity contribution in [2.24, 2.45) is 5.10 Å². The highest BCUT2D eigenvalue weighted by atomic mass is 32.2. The topological polar surface area (TPSA) is 89.5 Å². The molecule has 1 amide bonds. The maximum atomic E-state index is 12.0. The summed E-state index contributed by atoms with van der Waals surface area (Å²) < 4.78 is 7.12. The van der Waals surface area contributed by atoms with E-state index < -0.39 is 0 Å². The molecule has 0 aliphatic rings. The number of carbonyl (C=O) groups excluding carboxylic acids is 2. The number of aromatic nitrogens is 2. The van der Waals surface area contributed by atoms with E-state index in [0.717, 1.165) is 22.0 Å². The third-order valence-electron chi connectivity index (χ3n) is 4.08. The van der Waals surface area contributed by atoms with Gasteiger partial charge in [-0.05, 0) is 18.2 Å². The zero-order valence-electron chi connectivity index (χ0n) is 15.0. The summed E-state index contributed by atoms with van der Waals surface area (Å²) >= 11 is 1.20. The standard InChI is InChI=1S/C20H16N4O3S/c1-13(25)24-11-14(15-6-2-4-8-17(15)24)10-21-23-19(26)12-28-20-22-16-7-3-5-9-18(16)27-20/h2-11H,12H2,1H3,(H,23,26)/b21-10+. The Morgan fingerprint density at radius 2 is 2.00 bits per heavy atom. The number of hydrogen-bond acceptors (Lipinski definition) is 6. The molecular weight excluding hydrogens is 376 g/mol. The summed E-state index contributed by atoms with van der Waals surface area (Å²) in [6.07, 6.45) is 3.24. The Balaban J connectivity index is 1.40. The molecule has 0 fully saturated rings. The summed E-state index contributed by atoms with van der Waals surface area (Å²) in [6, 6.07) is 15.0. The molecule has 4 aromatic rings. The van der Waals surface area contributed by atoms with Crippen LogP contribution in [0.4, 0.5) is 0 Å². The molecular formula is C20H16N4O3S. The van der Waals surface area contributed by atoms with Crippen LogP contribution >= 0.6 is 11.8 Å². The number of benzene rings is 2. The van der Waals surface area contributed by atoms with Crippen molar-refractivity contribution in [1.29, 1.82) is 0 Å². The normalized spacial score (nSPS) is 11.5. The number of fused-ring (bicyclic) bond motifs is 2. The number of thioether (sulfide) groups is 1. The van der Waals surface area contributed by atoms with Crippen molar-refractivity contribution in [3.63, 3.8) is 0 Å². The van der Waals surface area contributed by atoms with Gasteiger partial charge < -0.3 is 4.42 Å². The van der Waals surface area contributed by atoms with E-state index in [9.17, 15) is 9.59 Å². The van der Waals surface area contributed by atoms with Gasteiger partial charge in [-0.15, -0.1) is 0 Å². The lowest BCUT2D eigenvalue weighted by Crippen LogP contribution is -2.19. The monoisotopic (exact) mass is 392 g/mol. The lowest BCUT2D eigenvalue weighted by atomic mass is 10.2. The van der Waals surface area contributed by atoms with Crippen LogP contribution in [0.1, 0.15) is 17.3 Å². The van der Waals surface area contributed by atoms with E-state index in [1.807, 2.05) is 48.5 Å². The second-order valence-electron chi connectivity index (χ2n) is 6.02. The van der Waals surface area contributed by atoms with Crippen molar-refractivity contribution in [2.75, 3.05) is 5.75 Å². The molecule has 2 aromatic carbocycles. The SMILES string of the molecule is CC(=O)n1cc(/C=N/NC(=O)CSc2nc3ccccc3o2)c2ccccc21. The molecule has 2 aromatic heterocycles. The third kappa shape index (κ3) is 3.67. The van der Waals surface area contributed by atoms with Crippen molar-refractivity contribution in [3.05, 3.63) is 60.3 Å². The number of amides is 1. The maximum Gasteiger partial charge on any atom is 0.257 e. The van der Waals surface area contributed by atoms with Gasteiger partial charge in [0.15, 0.2) is 5.58 Å². The zero-order valence-corrected chi connectivity index (χ0v) is 15.8.